The molecule has 6 atom stereocenters. The molecule has 17 nitrogen and oxygen atoms in total. The summed E-state index contributed by atoms with van der Waals surface area (Å²) in [6.07, 6.45) is 1.84. The van der Waals surface area contributed by atoms with E-state index in [4.69, 9.17) is 25.8 Å². The number of rotatable bonds is 9. The molecule has 1 fully saturated rings. The molecule has 0 spiro atoms. The van der Waals surface area contributed by atoms with Gasteiger partial charge in [-0.1, -0.05) is 5.92 Å². The van der Waals surface area contributed by atoms with Crippen molar-refractivity contribution in [2.45, 2.75) is 17.9 Å². The van der Waals surface area contributed by atoms with Crippen molar-refractivity contribution >= 4 is 23.5 Å². The molecule has 1 aliphatic heterocycles. The van der Waals surface area contributed by atoms with E-state index >= 15 is 0 Å². The number of hydrogen-bond acceptors (Lipinski definition) is 11. The minimum atomic E-state index is -5.88. The lowest BCUT2D eigenvalue weighted by Gasteiger charge is -2.49. The fourth-order valence-corrected chi connectivity index (χ4v) is 6.01. The average molecular weight is 554 g/mol. The second-order valence-electron chi connectivity index (χ2n) is 6.91. The number of aromatic amines is 1. The van der Waals surface area contributed by atoms with E-state index in [2.05, 4.69) is 13.1 Å². The molecule has 34 heavy (non-hydrogen) atoms. The van der Waals surface area contributed by atoms with Crippen molar-refractivity contribution in [1.82, 2.24) is 9.55 Å². The molecule has 0 amide bonds. The summed E-state index contributed by atoms with van der Waals surface area (Å²) in [4.78, 5) is 60.9. The van der Waals surface area contributed by atoms with E-state index in [-0.39, 0.29) is 0 Å². The number of aromatic nitrogens is 2. The highest BCUT2D eigenvalue weighted by atomic mass is 31.3. The Bertz CT molecular complexity index is 1220. The lowest BCUT2D eigenvalue weighted by molar-refractivity contribution is -0.267. The third-order valence-corrected chi connectivity index (χ3v) is 8.22. The van der Waals surface area contributed by atoms with Crippen molar-refractivity contribution < 1.29 is 65.8 Å². The number of H-pyrrole nitrogens is 1. The van der Waals surface area contributed by atoms with E-state index in [0.29, 0.717) is 4.57 Å². The van der Waals surface area contributed by atoms with Gasteiger partial charge in [0.1, 0.15) is 12.8 Å². The molecule has 3 unspecified atom stereocenters. The quantitative estimate of drug-likeness (QED) is 0.130. The summed E-state index contributed by atoms with van der Waals surface area (Å²) in [5, 5.41) is 21.5. The summed E-state index contributed by atoms with van der Waals surface area (Å²) in [6, 6.07) is 0.848. The zero-order chi connectivity index (χ0) is 26.2. The molecule has 1 aliphatic rings. The number of phosphoric acid groups is 3. The van der Waals surface area contributed by atoms with Gasteiger partial charge in [0.2, 0.25) is 0 Å². The van der Waals surface area contributed by atoms with E-state index in [1.807, 2.05) is 4.98 Å². The lowest BCUT2D eigenvalue weighted by atomic mass is 9.73. The molecule has 0 bridgehead atoms. The molecule has 0 radical (unpaired) electrons. The lowest BCUT2D eigenvalue weighted by Crippen LogP contribution is -2.65. The maximum atomic E-state index is 14.0. The van der Waals surface area contributed by atoms with E-state index in [0.717, 1.165) is 12.3 Å². The summed E-state index contributed by atoms with van der Waals surface area (Å²) in [5.41, 5.74) is -7.28. The van der Waals surface area contributed by atoms with Crippen molar-refractivity contribution in [3.05, 3.63) is 33.1 Å². The standard InChI is InChI=1S/C13H18FN2O15P3/c1-2-13(20)9(18)12(5-14,6-28-10(13)16-4-3-8(17)15-11(16)19)7-29-33(24,25)31-34(26,27)30-32(21,22)23/h1,3-4,9-10,18,20H,5-7H2,(H,24,25)(H,26,27)(H,15,17,19)(H2,21,22,23)/t9-,10?,12-,13-/m1/s1. The Balaban J connectivity index is 2.30. The Morgan fingerprint density at radius 3 is 2.35 bits per heavy atom. The van der Waals surface area contributed by atoms with Crippen LogP contribution in [0.15, 0.2) is 21.9 Å². The van der Waals surface area contributed by atoms with Gasteiger partial charge in [0.15, 0.2) is 11.8 Å². The van der Waals surface area contributed by atoms with Gasteiger partial charge in [-0.2, -0.15) is 8.62 Å². The molecule has 0 aromatic carbocycles. The zero-order valence-corrected chi connectivity index (χ0v) is 19.2. The fourth-order valence-electron chi connectivity index (χ4n) is 2.89. The van der Waals surface area contributed by atoms with Crippen LogP contribution in [0.2, 0.25) is 0 Å². The number of phosphoric ester groups is 1. The predicted octanol–water partition coefficient (Wildman–Crippen LogP) is -1.91. The second-order valence-corrected chi connectivity index (χ2v) is 11.3. The predicted molar refractivity (Wildman–Crippen MR) is 104 cm³/mol. The second kappa shape index (κ2) is 9.84. The van der Waals surface area contributed by atoms with Crippen LogP contribution in [0.3, 0.4) is 0 Å². The molecule has 0 saturated carbocycles. The molecule has 1 aromatic rings. The molecule has 2 rings (SSSR count). The highest BCUT2D eigenvalue weighted by Gasteiger charge is 2.60. The van der Waals surface area contributed by atoms with Gasteiger partial charge in [-0.25, -0.2) is 18.5 Å². The highest BCUT2D eigenvalue weighted by molar-refractivity contribution is 7.66. The zero-order valence-electron chi connectivity index (χ0n) is 16.5. The minimum absolute atomic E-state index is 0.578. The monoisotopic (exact) mass is 554 g/mol. The summed E-state index contributed by atoms with van der Waals surface area (Å²) < 4.78 is 65.2. The largest absolute Gasteiger partial charge is 0.490 e. The molecule has 21 heteroatoms. The van der Waals surface area contributed by atoms with Crippen molar-refractivity contribution in [2.24, 2.45) is 5.41 Å². The van der Waals surface area contributed by atoms with Gasteiger partial charge in [-0.15, -0.1) is 6.42 Å². The van der Waals surface area contributed by atoms with Crippen LogP contribution in [0, 0.1) is 17.8 Å². The van der Waals surface area contributed by atoms with Crippen LogP contribution in [-0.4, -0.2) is 70.9 Å². The maximum absolute atomic E-state index is 14.0. The van der Waals surface area contributed by atoms with E-state index < -0.39 is 78.0 Å². The summed E-state index contributed by atoms with van der Waals surface area (Å²) in [6.45, 7) is -3.98. The number of terminal acetylenes is 1. The van der Waals surface area contributed by atoms with Gasteiger partial charge in [-0.05, 0) is 0 Å². The van der Waals surface area contributed by atoms with Crippen LogP contribution in [0.25, 0.3) is 0 Å². The summed E-state index contributed by atoms with van der Waals surface area (Å²) >= 11 is 0. The third kappa shape index (κ3) is 6.36. The maximum Gasteiger partial charge on any atom is 0.490 e. The van der Waals surface area contributed by atoms with Crippen LogP contribution in [-0.2, 0) is 31.6 Å². The van der Waals surface area contributed by atoms with E-state index in [1.165, 1.54) is 0 Å². The first-order chi connectivity index (χ1) is 15.4. The Morgan fingerprint density at radius 1 is 1.24 bits per heavy atom. The highest BCUT2D eigenvalue weighted by Crippen LogP contribution is 2.66. The van der Waals surface area contributed by atoms with Gasteiger partial charge < -0.3 is 34.5 Å². The van der Waals surface area contributed by atoms with Gasteiger partial charge in [0, 0.05) is 12.3 Å². The van der Waals surface area contributed by atoms with Crippen LogP contribution < -0.4 is 11.2 Å². The smallest absolute Gasteiger partial charge is 0.388 e. The molecule has 2 heterocycles. The van der Waals surface area contributed by atoms with Gasteiger partial charge in [-0.3, -0.25) is 23.3 Å². The van der Waals surface area contributed by atoms with Crippen molar-refractivity contribution in [3.8, 4) is 12.3 Å². The normalized spacial score (nSPS) is 31.2. The van der Waals surface area contributed by atoms with Crippen LogP contribution in [0.4, 0.5) is 4.39 Å². The molecule has 1 aromatic heterocycles. The fraction of sp³-hybridized carbons (Fsp3) is 0.538. The Hall–Kier alpha value is -1.54. The number of nitrogens with zero attached hydrogens (tertiary/aromatic N) is 1. The topological polar surface area (TPSA) is 264 Å². The molecular weight excluding hydrogens is 536 g/mol. The number of alkyl halides is 1. The molecule has 192 valence electrons. The van der Waals surface area contributed by atoms with Crippen LogP contribution >= 0.6 is 23.5 Å². The Morgan fingerprint density at radius 2 is 1.85 bits per heavy atom. The first-order valence-corrected chi connectivity index (χ1v) is 13.1. The number of aliphatic hydroxyl groups excluding tert-OH is 1. The van der Waals surface area contributed by atoms with E-state index in [1.54, 1.807) is 5.92 Å². The molecular formula is C13H18FN2O15P3. The number of hydrogen-bond donors (Lipinski definition) is 7. The van der Waals surface area contributed by atoms with Gasteiger partial charge in [0.05, 0.1) is 18.6 Å². The van der Waals surface area contributed by atoms with Crippen LogP contribution in [0.1, 0.15) is 6.23 Å². The number of aliphatic hydroxyl groups is 2. The van der Waals surface area contributed by atoms with Crippen molar-refractivity contribution in [3.63, 3.8) is 0 Å². The summed E-state index contributed by atoms with van der Waals surface area (Å²) in [5.74, 6) is 1.72. The van der Waals surface area contributed by atoms with Crippen molar-refractivity contribution in [1.29, 1.82) is 0 Å². The molecule has 0 aliphatic carbocycles. The minimum Gasteiger partial charge on any atom is -0.388 e. The number of nitrogens with one attached hydrogen (secondary N) is 1. The van der Waals surface area contributed by atoms with E-state index in [9.17, 15) is 42.8 Å². The third-order valence-electron chi connectivity index (χ3n) is 4.43. The molecule has 7 N–H and O–H groups in total. The first kappa shape index (κ1) is 28.7. The average Bonchev–Trinajstić information content (AvgIpc) is 2.67. The number of ether oxygens (including phenoxy) is 1. The Labute approximate surface area is 188 Å². The number of halogens is 1. The van der Waals surface area contributed by atoms with Gasteiger partial charge in [0.25, 0.3) is 5.56 Å². The van der Waals surface area contributed by atoms with Crippen LogP contribution in [0.5, 0.6) is 0 Å². The SMILES string of the molecule is C#C[C@]1(O)C(n2ccc(=O)[nH]c2=O)OC[C@](CF)(COP(=O)(O)OP(=O)(O)OP(=O)(O)O)[C@H]1O. The molecule has 1 saturated heterocycles. The first-order valence-electron chi connectivity index (χ1n) is 8.56. The summed E-state index contributed by atoms with van der Waals surface area (Å²) in [7, 11) is -17.3. The van der Waals surface area contributed by atoms with Gasteiger partial charge >= 0.3 is 29.2 Å². The Kier molecular flexibility index (Phi) is 8.31. The van der Waals surface area contributed by atoms with Crippen molar-refractivity contribution in [2.75, 3.05) is 19.9 Å².